The third-order valence-corrected chi connectivity index (χ3v) is 2.32. The van der Waals surface area contributed by atoms with Crippen LogP contribution in [0.25, 0.3) is 0 Å². The van der Waals surface area contributed by atoms with Crippen molar-refractivity contribution in [2.75, 3.05) is 0 Å². The molecule has 0 spiro atoms. The van der Waals surface area contributed by atoms with Crippen LogP contribution in [0.1, 0.15) is 11.4 Å². The molecule has 0 amide bonds. The molecule has 0 saturated carbocycles. The van der Waals surface area contributed by atoms with Gasteiger partial charge in [-0.05, 0) is 13.0 Å². The monoisotopic (exact) mass is 238 g/mol. The average Bonchev–Trinajstić information content (AvgIpc) is 2.67. The molecule has 0 radical (unpaired) electrons. The Labute approximate surface area is 97.6 Å². The van der Waals surface area contributed by atoms with Gasteiger partial charge in [0.2, 0.25) is 11.8 Å². The normalized spacial score (nSPS) is 10.4. The van der Waals surface area contributed by atoms with E-state index in [2.05, 4.69) is 15.2 Å². The van der Waals surface area contributed by atoms with Gasteiger partial charge < -0.3 is 10.5 Å². The highest BCUT2D eigenvalue weighted by Crippen LogP contribution is 2.21. The number of nitrogens with two attached hydrogens (primary N) is 1. The maximum Gasteiger partial charge on any atom is 0.240 e. The predicted molar refractivity (Wildman–Crippen MR) is 60.5 cm³/mol. The molecular weight excluding hydrogens is 228 g/mol. The number of nitrogens with one attached hydrogen (secondary N) is 1. The molecule has 0 aliphatic heterocycles. The summed E-state index contributed by atoms with van der Waals surface area (Å²) in [6.45, 7) is 2.16. The Morgan fingerprint density at radius 3 is 2.88 bits per heavy atom. The first kappa shape index (κ1) is 10.9. The minimum Gasteiger partial charge on any atom is -0.419 e. The summed E-state index contributed by atoms with van der Waals surface area (Å²) in [7, 11) is 0. The van der Waals surface area contributed by atoms with E-state index in [9.17, 15) is 0 Å². The SMILES string of the molecule is Cc1cc(Oc2ccc(Cl)c(CN)n2)n[nH]1. The van der Waals surface area contributed by atoms with Crippen LogP contribution in [0.15, 0.2) is 18.2 Å². The Kier molecular flexibility index (Phi) is 3.07. The van der Waals surface area contributed by atoms with Crippen molar-refractivity contribution in [3.8, 4) is 11.8 Å². The minimum atomic E-state index is 0.273. The molecule has 6 heteroatoms. The topological polar surface area (TPSA) is 76.8 Å². The third kappa shape index (κ3) is 2.32. The second-order valence-electron chi connectivity index (χ2n) is 3.27. The van der Waals surface area contributed by atoms with Gasteiger partial charge in [0.05, 0.1) is 10.7 Å². The molecule has 2 heterocycles. The highest BCUT2D eigenvalue weighted by molar-refractivity contribution is 6.31. The summed E-state index contributed by atoms with van der Waals surface area (Å²) in [5.41, 5.74) is 7.02. The Hall–Kier alpha value is -1.59. The van der Waals surface area contributed by atoms with Crippen LogP contribution in [0.3, 0.4) is 0 Å². The molecule has 0 saturated heterocycles. The molecule has 0 aromatic carbocycles. The third-order valence-electron chi connectivity index (χ3n) is 1.98. The number of aromatic nitrogens is 3. The zero-order valence-corrected chi connectivity index (χ0v) is 9.45. The van der Waals surface area contributed by atoms with Crippen LogP contribution >= 0.6 is 11.6 Å². The zero-order valence-electron chi connectivity index (χ0n) is 8.70. The molecule has 5 nitrogen and oxygen atoms in total. The molecule has 0 fully saturated rings. The second kappa shape index (κ2) is 4.51. The smallest absolute Gasteiger partial charge is 0.240 e. The average molecular weight is 239 g/mol. The highest BCUT2D eigenvalue weighted by Gasteiger charge is 2.05. The molecular formula is C10H11ClN4O. The van der Waals surface area contributed by atoms with Gasteiger partial charge in [-0.25, -0.2) is 4.98 Å². The van der Waals surface area contributed by atoms with Crippen LogP contribution in [0.4, 0.5) is 0 Å². The fourth-order valence-electron chi connectivity index (χ4n) is 1.22. The number of aromatic amines is 1. The predicted octanol–water partition coefficient (Wildman–Crippen LogP) is 2.02. The molecule has 0 unspecified atom stereocenters. The summed E-state index contributed by atoms with van der Waals surface area (Å²) in [6, 6.07) is 5.15. The van der Waals surface area contributed by atoms with Crippen molar-refractivity contribution < 1.29 is 4.74 Å². The van der Waals surface area contributed by atoms with Crippen molar-refractivity contribution in [1.29, 1.82) is 0 Å². The van der Waals surface area contributed by atoms with Crippen LogP contribution in [0.5, 0.6) is 11.8 Å². The number of hydrogen-bond acceptors (Lipinski definition) is 4. The summed E-state index contributed by atoms with van der Waals surface area (Å²) in [6.07, 6.45) is 0. The molecule has 0 aliphatic rings. The number of H-pyrrole nitrogens is 1. The lowest BCUT2D eigenvalue weighted by atomic mass is 10.3. The largest absolute Gasteiger partial charge is 0.419 e. The fraction of sp³-hybridized carbons (Fsp3) is 0.200. The Bertz CT molecular complexity index is 497. The van der Waals surface area contributed by atoms with Gasteiger partial charge in [-0.2, -0.15) is 0 Å². The van der Waals surface area contributed by atoms with E-state index in [0.717, 1.165) is 5.69 Å². The minimum absolute atomic E-state index is 0.273. The van der Waals surface area contributed by atoms with Gasteiger partial charge in [0.1, 0.15) is 0 Å². The summed E-state index contributed by atoms with van der Waals surface area (Å²) in [5, 5.41) is 7.25. The summed E-state index contributed by atoms with van der Waals surface area (Å²) < 4.78 is 5.43. The Morgan fingerprint density at radius 2 is 2.25 bits per heavy atom. The van der Waals surface area contributed by atoms with E-state index in [4.69, 9.17) is 22.1 Å². The summed E-state index contributed by atoms with van der Waals surface area (Å²) in [5.74, 6) is 0.895. The first-order valence-electron chi connectivity index (χ1n) is 4.74. The lowest BCUT2D eigenvalue weighted by molar-refractivity contribution is 0.441. The van der Waals surface area contributed by atoms with Crippen LogP contribution in [-0.2, 0) is 6.54 Å². The number of halogens is 1. The molecule has 2 aromatic rings. The fourth-order valence-corrected chi connectivity index (χ4v) is 1.40. The van der Waals surface area contributed by atoms with Crippen molar-refractivity contribution in [2.45, 2.75) is 13.5 Å². The van der Waals surface area contributed by atoms with Crippen LogP contribution in [0.2, 0.25) is 5.02 Å². The van der Waals surface area contributed by atoms with Gasteiger partial charge in [-0.15, -0.1) is 5.10 Å². The molecule has 0 bridgehead atoms. The first-order chi connectivity index (χ1) is 7.69. The van der Waals surface area contributed by atoms with E-state index in [-0.39, 0.29) is 6.54 Å². The van der Waals surface area contributed by atoms with Gasteiger partial charge >= 0.3 is 0 Å². The molecule has 16 heavy (non-hydrogen) atoms. The van der Waals surface area contributed by atoms with Gasteiger partial charge in [-0.3, -0.25) is 5.10 Å². The van der Waals surface area contributed by atoms with Gasteiger partial charge in [-0.1, -0.05) is 11.6 Å². The number of rotatable bonds is 3. The zero-order chi connectivity index (χ0) is 11.5. The van der Waals surface area contributed by atoms with E-state index < -0.39 is 0 Å². The van der Waals surface area contributed by atoms with Crippen molar-refractivity contribution in [2.24, 2.45) is 5.73 Å². The molecule has 84 valence electrons. The van der Waals surface area contributed by atoms with Gasteiger partial charge in [0, 0.05) is 24.4 Å². The van der Waals surface area contributed by atoms with Crippen LogP contribution in [0, 0.1) is 6.92 Å². The van der Waals surface area contributed by atoms with Gasteiger partial charge in [0.25, 0.3) is 0 Å². The van der Waals surface area contributed by atoms with Crippen molar-refractivity contribution in [3.63, 3.8) is 0 Å². The summed E-state index contributed by atoms with van der Waals surface area (Å²) in [4.78, 5) is 4.16. The van der Waals surface area contributed by atoms with Crippen molar-refractivity contribution in [1.82, 2.24) is 15.2 Å². The van der Waals surface area contributed by atoms with Crippen molar-refractivity contribution in [3.05, 3.63) is 34.6 Å². The van der Waals surface area contributed by atoms with Crippen molar-refractivity contribution >= 4 is 11.6 Å². The lowest BCUT2D eigenvalue weighted by Gasteiger charge is -2.04. The van der Waals surface area contributed by atoms with E-state index >= 15 is 0 Å². The number of hydrogen-bond donors (Lipinski definition) is 2. The molecule has 3 N–H and O–H groups in total. The standard InChI is InChI=1S/C10H11ClN4O/c1-6-4-10(15-14-6)16-9-3-2-7(11)8(5-12)13-9/h2-4H,5,12H2,1H3,(H,14,15). The molecule has 0 atom stereocenters. The van der Waals surface area contributed by atoms with Crippen LogP contribution < -0.4 is 10.5 Å². The van der Waals surface area contributed by atoms with E-state index in [1.54, 1.807) is 18.2 Å². The number of ether oxygens (including phenoxy) is 1. The summed E-state index contributed by atoms with van der Waals surface area (Å²) >= 11 is 5.88. The first-order valence-corrected chi connectivity index (χ1v) is 5.12. The Morgan fingerprint density at radius 1 is 1.44 bits per heavy atom. The second-order valence-corrected chi connectivity index (χ2v) is 3.68. The number of aryl methyl sites for hydroxylation is 1. The maximum atomic E-state index is 5.88. The Balaban J connectivity index is 2.21. The highest BCUT2D eigenvalue weighted by atomic mass is 35.5. The van der Waals surface area contributed by atoms with Crippen LogP contribution in [-0.4, -0.2) is 15.2 Å². The van der Waals surface area contributed by atoms with E-state index in [1.807, 2.05) is 6.92 Å². The number of pyridine rings is 1. The quantitative estimate of drug-likeness (QED) is 0.858. The maximum absolute atomic E-state index is 5.88. The number of nitrogens with zero attached hydrogens (tertiary/aromatic N) is 2. The van der Waals surface area contributed by atoms with Gasteiger partial charge in [0.15, 0.2) is 0 Å². The molecule has 0 aliphatic carbocycles. The lowest BCUT2D eigenvalue weighted by Crippen LogP contribution is -2.01. The molecule has 2 aromatic heterocycles. The van der Waals surface area contributed by atoms with E-state index in [0.29, 0.717) is 22.5 Å². The van der Waals surface area contributed by atoms with E-state index in [1.165, 1.54) is 0 Å². The molecule has 2 rings (SSSR count).